The summed E-state index contributed by atoms with van der Waals surface area (Å²) in [5.41, 5.74) is 3.32. The molecule has 2 N–H and O–H groups in total. The molecule has 2 aromatic heterocycles. The molecule has 0 bridgehead atoms. The molecule has 1 aromatic carbocycles. The van der Waals surface area contributed by atoms with Crippen LogP contribution in [-0.2, 0) is 12.0 Å². The molecule has 0 radical (unpaired) electrons. The number of nitrogens with one attached hydrogen (secondary N) is 2. The highest BCUT2D eigenvalue weighted by molar-refractivity contribution is 6.04. The first-order valence-electron chi connectivity index (χ1n) is 8.94. The lowest BCUT2D eigenvalue weighted by Gasteiger charge is -2.23. The summed E-state index contributed by atoms with van der Waals surface area (Å²) >= 11 is 0. The third-order valence-electron chi connectivity index (χ3n) is 4.19. The minimum absolute atomic E-state index is 0.0542. The Morgan fingerprint density at radius 3 is 2.41 bits per heavy atom. The van der Waals surface area contributed by atoms with Crippen molar-refractivity contribution in [1.82, 2.24) is 9.97 Å². The Balaban J connectivity index is 1.66. The highest BCUT2D eigenvalue weighted by Crippen LogP contribution is 2.29. The van der Waals surface area contributed by atoms with Gasteiger partial charge in [0.25, 0.3) is 5.91 Å². The van der Waals surface area contributed by atoms with E-state index in [0.717, 1.165) is 16.9 Å². The smallest absolute Gasteiger partial charge is 0.257 e. The summed E-state index contributed by atoms with van der Waals surface area (Å²) < 4.78 is 0. The van der Waals surface area contributed by atoms with E-state index in [1.807, 2.05) is 42.5 Å². The first-order chi connectivity index (χ1) is 12.9. The molecule has 0 fully saturated rings. The van der Waals surface area contributed by atoms with Gasteiger partial charge in [0, 0.05) is 18.1 Å². The predicted octanol–water partition coefficient (Wildman–Crippen LogP) is 4.64. The van der Waals surface area contributed by atoms with Gasteiger partial charge in [0.1, 0.15) is 5.82 Å². The van der Waals surface area contributed by atoms with Gasteiger partial charge in [-0.1, -0.05) is 45.0 Å². The minimum Gasteiger partial charge on any atom is -0.364 e. The van der Waals surface area contributed by atoms with Crippen molar-refractivity contribution in [2.45, 2.75) is 32.7 Å². The van der Waals surface area contributed by atoms with E-state index in [4.69, 9.17) is 0 Å². The molecule has 0 unspecified atom stereocenters. The van der Waals surface area contributed by atoms with Gasteiger partial charge < -0.3 is 10.6 Å². The molecular formula is C22H24N4O. The fourth-order valence-corrected chi connectivity index (χ4v) is 2.76. The Morgan fingerprint density at radius 2 is 1.74 bits per heavy atom. The van der Waals surface area contributed by atoms with Crippen LogP contribution in [0, 0.1) is 0 Å². The summed E-state index contributed by atoms with van der Waals surface area (Å²) in [4.78, 5) is 21.2. The third kappa shape index (κ3) is 4.91. The lowest BCUT2D eigenvalue weighted by Crippen LogP contribution is -2.18. The molecule has 0 saturated carbocycles. The van der Waals surface area contributed by atoms with E-state index in [1.165, 1.54) is 0 Å². The van der Waals surface area contributed by atoms with Gasteiger partial charge >= 0.3 is 0 Å². The molecule has 0 saturated heterocycles. The maximum Gasteiger partial charge on any atom is 0.257 e. The zero-order valence-corrected chi connectivity index (χ0v) is 15.9. The molecule has 2 heterocycles. The summed E-state index contributed by atoms with van der Waals surface area (Å²) in [6.45, 7) is 6.96. The molecule has 3 rings (SSSR count). The molecule has 27 heavy (non-hydrogen) atoms. The largest absolute Gasteiger partial charge is 0.364 e. The van der Waals surface area contributed by atoms with E-state index < -0.39 is 0 Å². The molecule has 0 atom stereocenters. The number of nitrogens with zero attached hydrogens (tertiary/aromatic N) is 2. The van der Waals surface area contributed by atoms with E-state index in [0.29, 0.717) is 17.9 Å². The van der Waals surface area contributed by atoms with E-state index in [9.17, 15) is 4.79 Å². The monoisotopic (exact) mass is 360 g/mol. The molecule has 3 aromatic rings. The molecule has 0 aliphatic rings. The quantitative estimate of drug-likeness (QED) is 0.696. The van der Waals surface area contributed by atoms with Gasteiger partial charge in [0.05, 0.1) is 17.8 Å². The second-order valence-corrected chi connectivity index (χ2v) is 7.36. The van der Waals surface area contributed by atoms with Gasteiger partial charge in [-0.3, -0.25) is 9.78 Å². The fourth-order valence-electron chi connectivity index (χ4n) is 2.76. The Morgan fingerprint density at radius 1 is 0.963 bits per heavy atom. The lowest BCUT2D eigenvalue weighted by atomic mass is 9.86. The van der Waals surface area contributed by atoms with Crippen molar-refractivity contribution in [3.05, 3.63) is 83.8 Å². The van der Waals surface area contributed by atoms with Gasteiger partial charge in [-0.25, -0.2) is 4.98 Å². The normalized spacial score (nSPS) is 11.1. The number of hydrogen-bond donors (Lipinski definition) is 2. The highest BCUT2D eigenvalue weighted by atomic mass is 16.1. The van der Waals surface area contributed by atoms with Crippen LogP contribution in [0.3, 0.4) is 0 Å². The maximum atomic E-state index is 12.6. The van der Waals surface area contributed by atoms with Gasteiger partial charge in [0.15, 0.2) is 0 Å². The van der Waals surface area contributed by atoms with Crippen LogP contribution in [-0.4, -0.2) is 15.9 Å². The SMILES string of the molecule is CC(C)(C)c1ccccc1NC(=O)c1ccc(NCc2ccccn2)nc1. The Bertz CT molecular complexity index is 900. The minimum atomic E-state index is -0.171. The molecule has 1 amide bonds. The van der Waals surface area contributed by atoms with E-state index >= 15 is 0 Å². The number of rotatable bonds is 5. The van der Waals surface area contributed by atoms with Crippen LogP contribution >= 0.6 is 0 Å². The van der Waals surface area contributed by atoms with Crippen LogP contribution in [0.2, 0.25) is 0 Å². The van der Waals surface area contributed by atoms with Crippen LogP contribution < -0.4 is 10.6 Å². The highest BCUT2D eigenvalue weighted by Gasteiger charge is 2.19. The van der Waals surface area contributed by atoms with Crippen LogP contribution in [0.5, 0.6) is 0 Å². The summed E-state index contributed by atoms with van der Waals surface area (Å²) in [5, 5.41) is 6.20. The first-order valence-corrected chi connectivity index (χ1v) is 8.94. The van der Waals surface area contributed by atoms with E-state index in [-0.39, 0.29) is 11.3 Å². The average molecular weight is 360 g/mol. The molecule has 5 heteroatoms. The second-order valence-electron chi connectivity index (χ2n) is 7.36. The number of carbonyl (C=O) groups is 1. The van der Waals surface area contributed by atoms with Gasteiger partial charge in [-0.05, 0) is 41.3 Å². The molecule has 138 valence electrons. The molecule has 0 aliphatic carbocycles. The van der Waals surface area contributed by atoms with Gasteiger partial charge in [0.2, 0.25) is 0 Å². The van der Waals surface area contributed by atoms with Crippen molar-refractivity contribution in [2.75, 3.05) is 10.6 Å². The van der Waals surface area contributed by atoms with Crippen molar-refractivity contribution >= 4 is 17.4 Å². The zero-order chi connectivity index (χ0) is 19.3. The number of hydrogen-bond acceptors (Lipinski definition) is 4. The summed E-state index contributed by atoms with van der Waals surface area (Å²) in [6, 6.07) is 17.2. The van der Waals surface area contributed by atoms with Crippen molar-refractivity contribution in [3.63, 3.8) is 0 Å². The van der Waals surface area contributed by atoms with Crippen molar-refractivity contribution in [2.24, 2.45) is 0 Å². The molecule has 0 spiro atoms. The van der Waals surface area contributed by atoms with E-state index in [1.54, 1.807) is 24.5 Å². The van der Waals surface area contributed by atoms with Crippen LogP contribution in [0.1, 0.15) is 42.4 Å². The number of pyridine rings is 2. The number of benzene rings is 1. The van der Waals surface area contributed by atoms with Gasteiger partial charge in [-0.15, -0.1) is 0 Å². The summed E-state index contributed by atoms with van der Waals surface area (Å²) in [7, 11) is 0. The lowest BCUT2D eigenvalue weighted by molar-refractivity contribution is 0.102. The van der Waals surface area contributed by atoms with Crippen molar-refractivity contribution < 1.29 is 4.79 Å². The third-order valence-corrected chi connectivity index (χ3v) is 4.19. The summed E-state index contributed by atoms with van der Waals surface area (Å²) in [5.74, 6) is 0.530. The molecule has 5 nitrogen and oxygen atoms in total. The van der Waals surface area contributed by atoms with Crippen LogP contribution in [0.4, 0.5) is 11.5 Å². The Labute approximate surface area is 159 Å². The van der Waals surface area contributed by atoms with Gasteiger partial charge in [-0.2, -0.15) is 0 Å². The van der Waals surface area contributed by atoms with Crippen LogP contribution in [0.15, 0.2) is 67.0 Å². The number of amides is 1. The maximum absolute atomic E-state index is 12.6. The number of aromatic nitrogens is 2. The number of para-hydroxylation sites is 1. The van der Waals surface area contributed by atoms with E-state index in [2.05, 4.69) is 41.4 Å². The van der Waals surface area contributed by atoms with Crippen molar-refractivity contribution in [1.29, 1.82) is 0 Å². The second kappa shape index (κ2) is 7.99. The Hall–Kier alpha value is -3.21. The topological polar surface area (TPSA) is 66.9 Å². The zero-order valence-electron chi connectivity index (χ0n) is 15.9. The molecular weight excluding hydrogens is 336 g/mol. The molecule has 0 aliphatic heterocycles. The fraction of sp³-hybridized carbons (Fsp3) is 0.227. The average Bonchev–Trinajstić information content (AvgIpc) is 2.67. The number of anilines is 2. The number of carbonyl (C=O) groups excluding carboxylic acids is 1. The first kappa shape index (κ1) is 18.6. The standard InChI is InChI=1S/C22H24N4O/c1-22(2,3)18-9-4-5-10-19(18)26-21(27)16-11-12-20(24-14-16)25-15-17-8-6-7-13-23-17/h4-14H,15H2,1-3H3,(H,24,25)(H,26,27). The van der Waals surface area contributed by atoms with Crippen LogP contribution in [0.25, 0.3) is 0 Å². The Kier molecular flexibility index (Phi) is 5.50. The predicted molar refractivity (Wildman–Crippen MR) is 109 cm³/mol. The van der Waals surface area contributed by atoms with Crippen molar-refractivity contribution in [3.8, 4) is 0 Å². The summed E-state index contributed by atoms with van der Waals surface area (Å²) in [6.07, 6.45) is 3.34.